The number of hydrogen-bond donors (Lipinski definition) is 0. The van der Waals surface area contributed by atoms with Crippen LogP contribution in [0.15, 0.2) is 4.99 Å². The summed E-state index contributed by atoms with van der Waals surface area (Å²) < 4.78 is 5.67. The van der Waals surface area contributed by atoms with Crippen molar-refractivity contribution in [3.05, 3.63) is 0 Å². The molecule has 0 N–H and O–H groups in total. The van der Waals surface area contributed by atoms with Crippen LogP contribution in [-0.4, -0.2) is 24.0 Å². The maximum absolute atomic E-state index is 5.67. The molecule has 0 aromatic rings. The molecular weight excluding hydrogens is 150 g/mol. The van der Waals surface area contributed by atoms with E-state index < -0.39 is 0 Å². The lowest BCUT2D eigenvalue weighted by Gasteiger charge is -2.23. The highest BCUT2D eigenvalue weighted by Crippen LogP contribution is 2.26. The van der Waals surface area contributed by atoms with Crippen LogP contribution in [0, 0.1) is 0 Å². The maximum Gasteiger partial charge on any atom is 0.103 e. The van der Waals surface area contributed by atoms with Crippen molar-refractivity contribution in [2.45, 2.75) is 52.2 Å². The van der Waals surface area contributed by atoms with Gasteiger partial charge in [0.25, 0.3) is 0 Å². The highest BCUT2D eigenvalue weighted by atomic mass is 16.5. The Balaban J connectivity index is 2.67. The van der Waals surface area contributed by atoms with Crippen LogP contribution in [0.2, 0.25) is 0 Å². The average Bonchev–Trinajstić information content (AvgIpc) is 2.36. The van der Waals surface area contributed by atoms with Gasteiger partial charge < -0.3 is 4.74 Å². The predicted octanol–water partition coefficient (Wildman–Crippen LogP) is 2.42. The first-order valence-corrected chi connectivity index (χ1v) is 4.73. The topological polar surface area (TPSA) is 21.6 Å². The third kappa shape index (κ3) is 2.07. The van der Waals surface area contributed by atoms with Crippen molar-refractivity contribution in [3.8, 4) is 0 Å². The number of aliphatic imine (C=N–C) groups is 1. The molecule has 0 aliphatic carbocycles. The molecule has 70 valence electrons. The molecule has 2 nitrogen and oxygen atoms in total. The van der Waals surface area contributed by atoms with Crippen LogP contribution < -0.4 is 0 Å². The fraction of sp³-hybridized carbons (Fsp3) is 0.900. The first-order valence-electron chi connectivity index (χ1n) is 4.73. The molecule has 1 atom stereocenters. The lowest BCUT2D eigenvalue weighted by molar-refractivity contribution is 0.0768. The minimum atomic E-state index is -0.0652. The molecule has 0 aromatic carbocycles. The monoisotopic (exact) mass is 169 g/mol. The second-order valence-electron chi connectivity index (χ2n) is 3.99. The third-order valence-corrected chi connectivity index (χ3v) is 2.44. The number of hydrogen-bond acceptors (Lipinski definition) is 2. The molecule has 1 fully saturated rings. The molecule has 0 bridgehead atoms. The van der Waals surface area contributed by atoms with Gasteiger partial charge >= 0.3 is 0 Å². The molecule has 1 aliphatic heterocycles. The van der Waals surface area contributed by atoms with E-state index in [2.05, 4.69) is 32.7 Å². The summed E-state index contributed by atoms with van der Waals surface area (Å²) in [5.74, 6) is 0. The van der Waals surface area contributed by atoms with Gasteiger partial charge in [0.05, 0.1) is 0 Å². The summed E-state index contributed by atoms with van der Waals surface area (Å²) in [5.41, 5.74) is 1.08. The van der Waals surface area contributed by atoms with Crippen LogP contribution in [0.5, 0.6) is 0 Å². The van der Waals surface area contributed by atoms with Crippen molar-refractivity contribution in [3.63, 3.8) is 0 Å². The quantitative estimate of drug-likeness (QED) is 0.582. The normalized spacial score (nSPS) is 31.6. The van der Waals surface area contributed by atoms with Gasteiger partial charge in [-0.2, -0.15) is 0 Å². The first kappa shape index (κ1) is 9.72. The van der Waals surface area contributed by atoms with Crippen LogP contribution in [-0.2, 0) is 4.74 Å². The smallest absolute Gasteiger partial charge is 0.103 e. The molecule has 2 heteroatoms. The van der Waals surface area contributed by atoms with E-state index >= 15 is 0 Å². The number of nitrogens with zero attached hydrogens (tertiary/aromatic N) is 1. The van der Waals surface area contributed by atoms with Gasteiger partial charge in [-0.1, -0.05) is 0 Å². The zero-order valence-corrected chi connectivity index (χ0v) is 8.55. The van der Waals surface area contributed by atoms with Gasteiger partial charge in [0.15, 0.2) is 0 Å². The minimum absolute atomic E-state index is 0.0652. The van der Waals surface area contributed by atoms with E-state index in [1.165, 1.54) is 6.42 Å². The van der Waals surface area contributed by atoms with Gasteiger partial charge in [0.1, 0.15) is 5.60 Å². The van der Waals surface area contributed by atoms with Gasteiger partial charge in [0.2, 0.25) is 0 Å². The molecule has 1 rings (SSSR count). The average molecular weight is 169 g/mol. The fourth-order valence-corrected chi connectivity index (χ4v) is 1.59. The molecule has 12 heavy (non-hydrogen) atoms. The lowest BCUT2D eigenvalue weighted by Crippen LogP contribution is -2.32. The number of rotatable bonds is 2. The van der Waals surface area contributed by atoms with E-state index in [-0.39, 0.29) is 5.60 Å². The van der Waals surface area contributed by atoms with E-state index in [9.17, 15) is 0 Å². The van der Waals surface area contributed by atoms with Crippen molar-refractivity contribution in [1.82, 2.24) is 0 Å². The summed E-state index contributed by atoms with van der Waals surface area (Å²) in [5, 5.41) is 0. The van der Waals surface area contributed by atoms with Crippen LogP contribution in [0.25, 0.3) is 0 Å². The zero-order chi connectivity index (χ0) is 9.19. The van der Waals surface area contributed by atoms with Crippen LogP contribution in [0.4, 0.5) is 0 Å². The van der Waals surface area contributed by atoms with E-state index in [1.54, 1.807) is 0 Å². The Morgan fingerprint density at radius 3 is 2.58 bits per heavy atom. The largest absolute Gasteiger partial charge is 0.369 e. The van der Waals surface area contributed by atoms with E-state index in [1.807, 2.05) is 0 Å². The minimum Gasteiger partial charge on any atom is -0.369 e. The third-order valence-electron chi connectivity index (χ3n) is 2.44. The van der Waals surface area contributed by atoms with Gasteiger partial charge in [0, 0.05) is 18.4 Å². The molecule has 1 unspecified atom stereocenters. The fourth-order valence-electron chi connectivity index (χ4n) is 1.59. The van der Waals surface area contributed by atoms with Crippen molar-refractivity contribution in [2.75, 3.05) is 6.61 Å². The Kier molecular flexibility index (Phi) is 2.89. The van der Waals surface area contributed by atoms with E-state index in [0.29, 0.717) is 6.04 Å². The lowest BCUT2D eigenvalue weighted by atomic mass is 9.97. The Labute approximate surface area is 75.0 Å². The highest BCUT2D eigenvalue weighted by molar-refractivity contribution is 5.90. The Morgan fingerprint density at radius 1 is 1.50 bits per heavy atom. The number of ether oxygens (including phenoxy) is 1. The maximum atomic E-state index is 5.67. The van der Waals surface area contributed by atoms with Crippen LogP contribution in [0.1, 0.15) is 40.5 Å². The molecule has 0 saturated carbocycles. The summed E-state index contributed by atoms with van der Waals surface area (Å²) in [6.07, 6.45) is 2.29. The molecule has 1 saturated heterocycles. The second-order valence-corrected chi connectivity index (χ2v) is 3.99. The van der Waals surface area contributed by atoms with E-state index in [0.717, 1.165) is 18.7 Å². The van der Waals surface area contributed by atoms with Gasteiger partial charge in [-0.3, -0.25) is 4.99 Å². The van der Waals surface area contributed by atoms with Crippen molar-refractivity contribution in [1.29, 1.82) is 0 Å². The molecule has 0 aromatic heterocycles. The first-order chi connectivity index (χ1) is 5.54. The Hall–Kier alpha value is -0.370. The molecule has 1 heterocycles. The van der Waals surface area contributed by atoms with Gasteiger partial charge in [-0.15, -0.1) is 0 Å². The van der Waals surface area contributed by atoms with Crippen LogP contribution >= 0.6 is 0 Å². The summed E-state index contributed by atoms with van der Waals surface area (Å²) in [6, 6.07) is 0.381. The zero-order valence-electron chi connectivity index (χ0n) is 8.55. The van der Waals surface area contributed by atoms with Crippen molar-refractivity contribution in [2.24, 2.45) is 4.99 Å². The summed E-state index contributed by atoms with van der Waals surface area (Å²) in [6.45, 7) is 9.30. The van der Waals surface area contributed by atoms with Gasteiger partial charge in [-0.05, 0) is 40.5 Å². The summed E-state index contributed by atoms with van der Waals surface area (Å²) in [7, 11) is 0. The van der Waals surface area contributed by atoms with Crippen molar-refractivity contribution < 1.29 is 4.74 Å². The molecular formula is C10H19NO. The molecule has 0 radical (unpaired) electrons. The SMILES string of the molecule is CC(=NC(C)C)C1(C)CCCO1. The van der Waals surface area contributed by atoms with Crippen molar-refractivity contribution >= 4 is 5.71 Å². The van der Waals surface area contributed by atoms with Crippen LogP contribution in [0.3, 0.4) is 0 Å². The predicted molar refractivity (Wildman–Crippen MR) is 51.8 cm³/mol. The Morgan fingerprint density at radius 2 is 2.17 bits per heavy atom. The molecule has 0 amide bonds. The molecule has 1 aliphatic rings. The standard InChI is InChI=1S/C10H19NO/c1-8(2)11-9(3)10(4)6-5-7-12-10/h8H,5-7H2,1-4H3. The van der Waals surface area contributed by atoms with E-state index in [4.69, 9.17) is 4.74 Å². The summed E-state index contributed by atoms with van der Waals surface area (Å²) >= 11 is 0. The second kappa shape index (κ2) is 3.56. The summed E-state index contributed by atoms with van der Waals surface area (Å²) in [4.78, 5) is 4.52. The molecule has 0 spiro atoms. The highest BCUT2D eigenvalue weighted by Gasteiger charge is 2.32. The van der Waals surface area contributed by atoms with Gasteiger partial charge in [-0.25, -0.2) is 0 Å². The Bertz CT molecular complexity index is 178.